The number of aliphatic imine (C=N–C) groups is 1. The molecule has 0 fully saturated rings. The molecule has 0 radical (unpaired) electrons. The van der Waals surface area contributed by atoms with Gasteiger partial charge in [0.15, 0.2) is 5.96 Å². The summed E-state index contributed by atoms with van der Waals surface area (Å²) in [5.74, 6) is 1.61. The molecule has 2 heterocycles. The van der Waals surface area contributed by atoms with E-state index in [0.29, 0.717) is 31.2 Å². The fourth-order valence-corrected chi connectivity index (χ4v) is 3.05. The molecule has 6 nitrogen and oxygen atoms in total. The molecule has 1 atom stereocenters. The molecule has 1 unspecified atom stereocenters. The zero-order valence-corrected chi connectivity index (χ0v) is 16.5. The lowest BCUT2D eigenvalue weighted by molar-refractivity contribution is 0.0428. The number of aromatic nitrogens is 1. The van der Waals surface area contributed by atoms with Crippen LogP contribution in [0.25, 0.3) is 10.9 Å². The molecule has 3 aromatic rings. The molecule has 0 amide bonds. The third-order valence-corrected chi connectivity index (χ3v) is 4.58. The first-order valence-electron chi connectivity index (χ1n) is 9.46. The molecule has 0 saturated heterocycles. The Morgan fingerprint density at radius 1 is 1.29 bits per heavy atom. The zero-order chi connectivity index (χ0) is 20.1. The summed E-state index contributed by atoms with van der Waals surface area (Å²) in [6.45, 7) is 6.98. The highest BCUT2D eigenvalue weighted by Gasteiger charge is 2.26. The Balaban J connectivity index is 1.62. The minimum absolute atomic E-state index is 0.160. The molecule has 2 aromatic heterocycles. The lowest BCUT2D eigenvalue weighted by Crippen LogP contribution is -2.39. The van der Waals surface area contributed by atoms with Crippen molar-refractivity contribution >= 4 is 16.9 Å². The summed E-state index contributed by atoms with van der Waals surface area (Å²) in [5.41, 5.74) is 0.767. The van der Waals surface area contributed by atoms with E-state index in [4.69, 9.17) is 4.42 Å². The second-order valence-electron chi connectivity index (χ2n) is 7.06. The zero-order valence-electron chi connectivity index (χ0n) is 16.5. The number of fused-ring (bicyclic) bond motifs is 1. The maximum absolute atomic E-state index is 13.5. The van der Waals surface area contributed by atoms with Crippen LogP contribution in [-0.4, -0.2) is 35.7 Å². The van der Waals surface area contributed by atoms with Crippen molar-refractivity contribution in [1.82, 2.24) is 15.6 Å². The molecule has 1 aromatic carbocycles. The molecule has 0 spiro atoms. The lowest BCUT2D eigenvalue weighted by atomic mass is 10.0. The number of furan rings is 1. The van der Waals surface area contributed by atoms with Crippen molar-refractivity contribution in [2.24, 2.45) is 4.99 Å². The number of halogens is 1. The molecule has 28 heavy (non-hydrogen) atoms. The number of aliphatic hydroxyl groups is 1. The van der Waals surface area contributed by atoms with Gasteiger partial charge in [-0.05, 0) is 63.1 Å². The summed E-state index contributed by atoms with van der Waals surface area (Å²) < 4.78 is 19.0. The van der Waals surface area contributed by atoms with Crippen LogP contribution < -0.4 is 10.6 Å². The molecule has 0 aliphatic carbocycles. The van der Waals surface area contributed by atoms with E-state index in [9.17, 15) is 9.50 Å². The van der Waals surface area contributed by atoms with Gasteiger partial charge in [-0.3, -0.25) is 0 Å². The van der Waals surface area contributed by atoms with E-state index >= 15 is 0 Å². The number of nitrogens with zero attached hydrogens (tertiary/aromatic N) is 1. The molecule has 3 rings (SSSR count). The number of H-pyrrole nitrogens is 1. The second-order valence-corrected chi connectivity index (χ2v) is 7.06. The maximum atomic E-state index is 13.5. The summed E-state index contributed by atoms with van der Waals surface area (Å²) in [7, 11) is 0. The topological polar surface area (TPSA) is 85.6 Å². The molecule has 0 saturated carbocycles. The summed E-state index contributed by atoms with van der Waals surface area (Å²) in [4.78, 5) is 7.64. The van der Waals surface area contributed by atoms with Crippen LogP contribution in [0.3, 0.4) is 0 Å². The van der Waals surface area contributed by atoms with Crippen molar-refractivity contribution in [3.05, 3.63) is 59.4 Å². The van der Waals surface area contributed by atoms with Crippen molar-refractivity contribution in [2.45, 2.75) is 32.8 Å². The van der Waals surface area contributed by atoms with Crippen LogP contribution in [0.2, 0.25) is 0 Å². The largest absolute Gasteiger partial charge is 0.463 e. The average molecular weight is 386 g/mol. The van der Waals surface area contributed by atoms with E-state index in [0.717, 1.165) is 22.2 Å². The average Bonchev–Trinajstić information content (AvgIpc) is 3.26. The maximum Gasteiger partial charge on any atom is 0.191 e. The summed E-state index contributed by atoms with van der Waals surface area (Å²) in [6.07, 6.45) is 2.61. The van der Waals surface area contributed by atoms with Crippen molar-refractivity contribution in [3.8, 4) is 0 Å². The number of hydrogen-bond donors (Lipinski definition) is 4. The highest BCUT2D eigenvalue weighted by molar-refractivity contribution is 5.83. The van der Waals surface area contributed by atoms with E-state index in [-0.39, 0.29) is 12.4 Å². The van der Waals surface area contributed by atoms with E-state index in [2.05, 4.69) is 20.6 Å². The Bertz CT molecular complexity index is 958. The first-order chi connectivity index (χ1) is 13.4. The van der Waals surface area contributed by atoms with Gasteiger partial charge in [-0.1, -0.05) is 0 Å². The fourth-order valence-electron chi connectivity index (χ4n) is 3.05. The molecular formula is C21H27FN4O2. The summed E-state index contributed by atoms with van der Waals surface area (Å²) in [6, 6.07) is 8.32. The van der Waals surface area contributed by atoms with Gasteiger partial charge in [0.1, 0.15) is 22.9 Å². The molecular weight excluding hydrogens is 359 g/mol. The van der Waals surface area contributed by atoms with E-state index in [1.165, 1.54) is 6.07 Å². The predicted octanol–water partition coefficient (Wildman–Crippen LogP) is 3.21. The van der Waals surface area contributed by atoms with E-state index < -0.39 is 5.60 Å². The Morgan fingerprint density at radius 2 is 2.11 bits per heavy atom. The molecule has 0 aliphatic heterocycles. The Labute approximate surface area is 163 Å². The number of benzene rings is 1. The first-order valence-corrected chi connectivity index (χ1v) is 9.46. The van der Waals surface area contributed by atoms with Crippen molar-refractivity contribution in [3.63, 3.8) is 0 Å². The van der Waals surface area contributed by atoms with Crippen LogP contribution in [0.15, 0.2) is 45.9 Å². The van der Waals surface area contributed by atoms with Crippen molar-refractivity contribution in [1.29, 1.82) is 0 Å². The second kappa shape index (κ2) is 8.48. The predicted molar refractivity (Wildman–Crippen MR) is 109 cm³/mol. The minimum atomic E-state index is -1.19. The molecule has 0 aliphatic rings. The van der Waals surface area contributed by atoms with Gasteiger partial charge in [0.05, 0.1) is 6.54 Å². The molecule has 0 bridgehead atoms. The SMILES string of the molecule is CCNC(=NCC(C)(O)c1ccc(C)o1)NCCc1c[nH]c2ccc(F)cc12. The minimum Gasteiger partial charge on any atom is -0.463 e. The van der Waals surface area contributed by atoms with Gasteiger partial charge in [-0.2, -0.15) is 0 Å². The third-order valence-electron chi connectivity index (χ3n) is 4.58. The number of rotatable bonds is 7. The van der Waals surface area contributed by atoms with Crippen LogP contribution >= 0.6 is 0 Å². The number of aryl methyl sites for hydroxylation is 1. The highest BCUT2D eigenvalue weighted by atomic mass is 19.1. The van der Waals surface area contributed by atoms with Gasteiger partial charge >= 0.3 is 0 Å². The van der Waals surface area contributed by atoms with Gasteiger partial charge in [-0.25, -0.2) is 9.38 Å². The van der Waals surface area contributed by atoms with Gasteiger partial charge < -0.3 is 25.1 Å². The molecule has 4 N–H and O–H groups in total. The highest BCUT2D eigenvalue weighted by Crippen LogP contribution is 2.23. The van der Waals surface area contributed by atoms with Crippen LogP contribution in [-0.2, 0) is 12.0 Å². The fraction of sp³-hybridized carbons (Fsp3) is 0.381. The van der Waals surface area contributed by atoms with Crippen LogP contribution in [0.1, 0.15) is 30.9 Å². The Morgan fingerprint density at radius 3 is 2.82 bits per heavy atom. The molecule has 7 heteroatoms. The van der Waals surface area contributed by atoms with E-state index in [1.807, 2.05) is 26.1 Å². The quantitative estimate of drug-likeness (QED) is 0.371. The van der Waals surface area contributed by atoms with Crippen LogP contribution in [0.5, 0.6) is 0 Å². The normalized spacial score (nSPS) is 14.2. The Kier molecular flexibility index (Phi) is 6.04. The lowest BCUT2D eigenvalue weighted by Gasteiger charge is -2.19. The van der Waals surface area contributed by atoms with Gasteiger partial charge in [0, 0.05) is 30.2 Å². The number of hydrogen-bond acceptors (Lipinski definition) is 3. The van der Waals surface area contributed by atoms with Gasteiger partial charge in [-0.15, -0.1) is 0 Å². The van der Waals surface area contributed by atoms with Crippen molar-refractivity contribution in [2.75, 3.05) is 19.6 Å². The van der Waals surface area contributed by atoms with E-state index in [1.54, 1.807) is 25.1 Å². The van der Waals surface area contributed by atoms with Crippen LogP contribution in [0, 0.1) is 12.7 Å². The van der Waals surface area contributed by atoms with Gasteiger partial charge in [0.25, 0.3) is 0 Å². The third kappa shape index (κ3) is 4.72. The van der Waals surface area contributed by atoms with Crippen LogP contribution in [0.4, 0.5) is 4.39 Å². The first kappa shape index (κ1) is 19.9. The smallest absolute Gasteiger partial charge is 0.191 e. The Hall–Kier alpha value is -2.80. The monoisotopic (exact) mass is 386 g/mol. The number of nitrogens with one attached hydrogen (secondary N) is 3. The van der Waals surface area contributed by atoms with Gasteiger partial charge in [0.2, 0.25) is 0 Å². The van der Waals surface area contributed by atoms with Crippen molar-refractivity contribution < 1.29 is 13.9 Å². The summed E-state index contributed by atoms with van der Waals surface area (Å²) in [5, 5.41) is 18.0. The number of guanidine groups is 1. The summed E-state index contributed by atoms with van der Waals surface area (Å²) >= 11 is 0. The molecule has 150 valence electrons. The standard InChI is InChI=1S/C21H27FN4O2/c1-4-23-20(26-13-21(3,27)19-8-5-14(2)28-19)24-10-9-15-12-25-18-7-6-16(22)11-17(15)18/h5-8,11-12,25,27H,4,9-10,13H2,1-3H3,(H2,23,24,26). The number of aromatic amines is 1.